The molecule has 1 amide bonds. The van der Waals surface area contributed by atoms with Crippen LogP contribution < -0.4 is 24.3 Å². The average Bonchev–Trinajstić information content (AvgIpc) is 3.44. The van der Waals surface area contributed by atoms with Crippen LogP contribution in [0, 0.1) is 0 Å². The number of anilines is 1. The summed E-state index contributed by atoms with van der Waals surface area (Å²) >= 11 is 1.57. The van der Waals surface area contributed by atoms with Crippen LogP contribution in [-0.2, 0) is 12.8 Å². The number of rotatable bonds is 9. The van der Waals surface area contributed by atoms with E-state index in [0.717, 1.165) is 30.4 Å². The first-order valence-corrected chi connectivity index (χ1v) is 11.9. The Hall–Kier alpha value is -3.52. The second kappa shape index (κ2) is 10.6. The lowest BCUT2D eigenvalue weighted by Crippen LogP contribution is -2.14. The van der Waals surface area contributed by atoms with Gasteiger partial charge in [0.05, 0.1) is 39.2 Å². The van der Waals surface area contributed by atoms with Crippen LogP contribution in [0.3, 0.4) is 0 Å². The summed E-state index contributed by atoms with van der Waals surface area (Å²) in [5, 5.41) is 3.70. The Kier molecular flexibility index (Phi) is 7.37. The zero-order chi connectivity index (χ0) is 24.1. The SMILES string of the molecule is CCOc1ccccc1NC(=O)c1c(N=Cc2cc(OC)c(OC)cc2OC)sc2c1CCC2. The van der Waals surface area contributed by atoms with E-state index < -0.39 is 0 Å². The molecule has 4 rings (SSSR count). The summed E-state index contributed by atoms with van der Waals surface area (Å²) in [6.45, 7) is 2.43. The number of methoxy groups -OCH3 is 3. The molecule has 8 heteroatoms. The molecule has 34 heavy (non-hydrogen) atoms. The first-order valence-electron chi connectivity index (χ1n) is 11.1. The maximum Gasteiger partial charge on any atom is 0.259 e. The molecule has 1 heterocycles. The molecule has 7 nitrogen and oxygen atoms in total. The van der Waals surface area contributed by atoms with Crippen molar-refractivity contribution in [2.45, 2.75) is 26.2 Å². The van der Waals surface area contributed by atoms with Crippen LogP contribution in [-0.4, -0.2) is 40.1 Å². The van der Waals surface area contributed by atoms with Gasteiger partial charge in [0.15, 0.2) is 11.5 Å². The molecular weight excluding hydrogens is 452 g/mol. The van der Waals surface area contributed by atoms with Crippen molar-refractivity contribution in [3.63, 3.8) is 0 Å². The molecule has 0 radical (unpaired) electrons. The number of hydrogen-bond donors (Lipinski definition) is 1. The number of hydrogen-bond acceptors (Lipinski definition) is 7. The molecule has 0 unspecified atom stereocenters. The fourth-order valence-electron chi connectivity index (χ4n) is 4.03. The van der Waals surface area contributed by atoms with Gasteiger partial charge in [-0.15, -0.1) is 11.3 Å². The molecule has 0 saturated carbocycles. The number of nitrogens with zero attached hydrogens (tertiary/aromatic N) is 1. The standard InChI is InChI=1S/C26H28N2O5S/c1-5-33-19-11-7-6-10-18(19)28-25(29)24-17-9-8-12-23(17)34-26(24)27-15-16-13-21(31-3)22(32-4)14-20(16)30-2/h6-7,10-11,13-15H,5,8-9,12H2,1-4H3,(H,28,29). The van der Waals surface area contributed by atoms with E-state index in [1.165, 1.54) is 4.88 Å². The molecule has 0 saturated heterocycles. The van der Waals surface area contributed by atoms with Crippen molar-refractivity contribution in [1.82, 2.24) is 0 Å². The number of aryl methyl sites for hydroxylation is 1. The largest absolute Gasteiger partial charge is 0.496 e. The summed E-state index contributed by atoms with van der Waals surface area (Å²) in [4.78, 5) is 19.4. The number of benzene rings is 2. The minimum atomic E-state index is -0.182. The van der Waals surface area contributed by atoms with E-state index in [4.69, 9.17) is 23.9 Å². The van der Waals surface area contributed by atoms with Crippen molar-refractivity contribution in [1.29, 1.82) is 0 Å². The zero-order valence-electron chi connectivity index (χ0n) is 19.8. The summed E-state index contributed by atoms with van der Waals surface area (Å²) in [5.74, 6) is 2.20. The highest BCUT2D eigenvalue weighted by Crippen LogP contribution is 2.42. The number of aliphatic imine (C=N–C) groups is 1. The third-order valence-electron chi connectivity index (χ3n) is 5.62. The first-order chi connectivity index (χ1) is 16.6. The third kappa shape index (κ3) is 4.72. The number of nitrogens with one attached hydrogen (secondary N) is 1. The normalized spacial score (nSPS) is 12.5. The minimum absolute atomic E-state index is 0.182. The molecule has 1 aliphatic rings. The monoisotopic (exact) mass is 480 g/mol. The molecule has 2 aromatic carbocycles. The summed E-state index contributed by atoms with van der Waals surface area (Å²) in [5.41, 5.74) is 3.08. The fraction of sp³-hybridized carbons (Fsp3) is 0.308. The molecule has 0 bridgehead atoms. The van der Waals surface area contributed by atoms with Crippen molar-refractivity contribution < 1.29 is 23.7 Å². The Morgan fingerprint density at radius 3 is 2.50 bits per heavy atom. The Labute approximate surface area is 203 Å². The van der Waals surface area contributed by atoms with Crippen molar-refractivity contribution in [3.8, 4) is 23.0 Å². The summed E-state index contributed by atoms with van der Waals surface area (Å²) in [7, 11) is 4.75. The van der Waals surface area contributed by atoms with Gasteiger partial charge in [-0.2, -0.15) is 0 Å². The Morgan fingerprint density at radius 1 is 1.03 bits per heavy atom. The van der Waals surface area contributed by atoms with Crippen molar-refractivity contribution in [3.05, 3.63) is 58.0 Å². The van der Waals surface area contributed by atoms with Gasteiger partial charge >= 0.3 is 0 Å². The van der Waals surface area contributed by atoms with Crippen LogP contribution in [0.25, 0.3) is 0 Å². The van der Waals surface area contributed by atoms with Crippen molar-refractivity contribution in [2.75, 3.05) is 33.3 Å². The van der Waals surface area contributed by atoms with Gasteiger partial charge in [-0.05, 0) is 49.9 Å². The molecule has 178 valence electrons. The predicted molar refractivity (Wildman–Crippen MR) is 135 cm³/mol. The molecule has 1 aromatic heterocycles. The van der Waals surface area contributed by atoms with Crippen molar-refractivity contribution >= 4 is 34.1 Å². The van der Waals surface area contributed by atoms with Gasteiger partial charge in [0, 0.05) is 22.7 Å². The maximum absolute atomic E-state index is 13.4. The van der Waals surface area contributed by atoms with Gasteiger partial charge in [0.1, 0.15) is 16.5 Å². The topological polar surface area (TPSA) is 78.4 Å². The predicted octanol–water partition coefficient (Wildman–Crippen LogP) is 5.66. The molecular formula is C26H28N2O5S. The summed E-state index contributed by atoms with van der Waals surface area (Å²) in [6, 6.07) is 11.0. The molecule has 0 aliphatic heterocycles. The lowest BCUT2D eigenvalue weighted by atomic mass is 10.1. The highest BCUT2D eigenvalue weighted by Gasteiger charge is 2.27. The number of thiophene rings is 1. The summed E-state index contributed by atoms with van der Waals surface area (Å²) < 4.78 is 22.0. The number of amides is 1. The number of carbonyl (C=O) groups is 1. The molecule has 0 atom stereocenters. The zero-order valence-corrected chi connectivity index (χ0v) is 20.6. The van der Waals surface area contributed by atoms with E-state index in [9.17, 15) is 4.79 Å². The average molecular weight is 481 g/mol. The van der Waals surface area contributed by atoms with Crippen molar-refractivity contribution in [2.24, 2.45) is 4.99 Å². The van der Waals surface area contributed by atoms with Gasteiger partial charge in [0.25, 0.3) is 5.91 Å². The number of para-hydroxylation sites is 2. The highest BCUT2D eigenvalue weighted by molar-refractivity contribution is 7.16. The van der Waals surface area contributed by atoms with Gasteiger partial charge < -0.3 is 24.3 Å². The third-order valence-corrected chi connectivity index (χ3v) is 6.82. The van der Waals surface area contributed by atoms with E-state index in [0.29, 0.717) is 45.9 Å². The van der Waals surface area contributed by atoms with E-state index in [2.05, 4.69) is 5.32 Å². The van der Waals surface area contributed by atoms with Gasteiger partial charge in [0.2, 0.25) is 0 Å². The van der Waals surface area contributed by atoms with Gasteiger partial charge in [-0.25, -0.2) is 4.99 Å². The second-order valence-electron chi connectivity index (χ2n) is 7.63. The first kappa shape index (κ1) is 23.6. The van der Waals surface area contributed by atoms with E-state index in [1.54, 1.807) is 51.0 Å². The summed E-state index contributed by atoms with van der Waals surface area (Å²) in [6.07, 6.45) is 4.58. The smallest absolute Gasteiger partial charge is 0.259 e. The van der Waals surface area contributed by atoms with E-state index in [1.807, 2.05) is 31.2 Å². The minimum Gasteiger partial charge on any atom is -0.496 e. The lowest BCUT2D eigenvalue weighted by Gasteiger charge is -2.12. The second-order valence-corrected chi connectivity index (χ2v) is 8.71. The molecule has 1 aliphatic carbocycles. The quantitative estimate of drug-likeness (QED) is 0.400. The van der Waals surface area contributed by atoms with Gasteiger partial charge in [-0.1, -0.05) is 12.1 Å². The molecule has 0 fully saturated rings. The van der Waals surface area contributed by atoms with Crippen LogP contribution in [0.1, 0.15) is 39.7 Å². The number of carbonyl (C=O) groups excluding carboxylic acids is 1. The number of ether oxygens (including phenoxy) is 4. The van der Waals surface area contributed by atoms with E-state index in [-0.39, 0.29) is 5.91 Å². The Balaban J connectivity index is 1.69. The van der Waals surface area contributed by atoms with Crippen LogP contribution in [0.4, 0.5) is 10.7 Å². The maximum atomic E-state index is 13.4. The molecule has 0 spiro atoms. The lowest BCUT2D eigenvalue weighted by molar-refractivity contribution is 0.102. The molecule has 1 N–H and O–H groups in total. The van der Waals surface area contributed by atoms with E-state index >= 15 is 0 Å². The van der Waals surface area contributed by atoms with Crippen LogP contribution >= 0.6 is 11.3 Å². The van der Waals surface area contributed by atoms with Gasteiger partial charge in [-0.3, -0.25) is 4.79 Å². The van der Waals surface area contributed by atoms with Crippen LogP contribution in [0.2, 0.25) is 0 Å². The van der Waals surface area contributed by atoms with Crippen LogP contribution in [0.15, 0.2) is 41.4 Å². The molecule has 3 aromatic rings. The highest BCUT2D eigenvalue weighted by atomic mass is 32.1. The Morgan fingerprint density at radius 2 is 1.76 bits per heavy atom. The fourth-order valence-corrected chi connectivity index (χ4v) is 5.26. The van der Waals surface area contributed by atoms with Crippen LogP contribution in [0.5, 0.6) is 23.0 Å². The number of fused-ring (bicyclic) bond motifs is 1. The Bertz CT molecular complexity index is 1220.